The number of nitrogens with two attached hydrogens (primary N) is 1. The van der Waals surface area contributed by atoms with Gasteiger partial charge in [-0.05, 0) is 25.7 Å². The molecule has 1 rings (SSSR count). The molecule has 71 valence electrons. The molecule has 0 aliphatic carbocycles. The summed E-state index contributed by atoms with van der Waals surface area (Å²) in [5.74, 6) is 0. The Balaban J connectivity index is 2.11. The topological polar surface area (TPSA) is 52.1 Å². The summed E-state index contributed by atoms with van der Waals surface area (Å²) in [4.78, 5) is 0. The molecule has 1 heterocycles. The summed E-state index contributed by atoms with van der Waals surface area (Å²) in [5, 5.41) is 7.79. The van der Waals surface area contributed by atoms with E-state index in [0.29, 0.717) is 6.17 Å². The van der Waals surface area contributed by atoms with Crippen LogP contribution in [-0.2, 0) is 0 Å². The van der Waals surface area contributed by atoms with Crippen molar-refractivity contribution in [3.8, 4) is 0 Å². The van der Waals surface area contributed by atoms with Crippen LogP contribution in [-0.4, -0.2) is 18.9 Å². The third-order valence-electron chi connectivity index (χ3n) is 2.24. The van der Waals surface area contributed by atoms with Crippen LogP contribution in [0.15, 0.2) is 0 Å². The van der Waals surface area contributed by atoms with Gasteiger partial charge < -0.3 is 5.73 Å². The summed E-state index contributed by atoms with van der Waals surface area (Å²) >= 11 is 0. The predicted octanol–water partition coefficient (Wildman–Crippen LogP) is 0.775. The molecule has 0 amide bonds. The lowest BCUT2D eigenvalue weighted by Gasteiger charge is -2.26. The van der Waals surface area contributed by atoms with E-state index in [0.717, 1.165) is 25.8 Å². The zero-order chi connectivity index (χ0) is 8.81. The van der Waals surface area contributed by atoms with Gasteiger partial charge in [-0.1, -0.05) is 13.3 Å². The van der Waals surface area contributed by atoms with Crippen molar-refractivity contribution >= 4 is 0 Å². The molecule has 2 atom stereocenters. The average Bonchev–Trinajstić information content (AvgIpc) is 2.06. The van der Waals surface area contributed by atoms with Crippen molar-refractivity contribution in [2.24, 2.45) is 5.73 Å². The molecule has 0 bridgehead atoms. The van der Waals surface area contributed by atoms with Gasteiger partial charge in [0.15, 0.2) is 0 Å². The number of rotatable bonds is 4. The number of hydrogen-bond donors (Lipinski definition) is 2. The Morgan fingerprint density at radius 3 is 3.00 bits per heavy atom. The minimum absolute atomic E-state index is 0.141. The monoisotopic (exact) mass is 170 g/mol. The van der Waals surface area contributed by atoms with Gasteiger partial charge in [0, 0.05) is 6.54 Å². The number of piperidine rings is 1. The molecule has 3 heteroatoms. The summed E-state index contributed by atoms with van der Waals surface area (Å²) in [6.45, 7) is 3.16. The van der Waals surface area contributed by atoms with Gasteiger partial charge in [0.25, 0.3) is 0 Å². The van der Waals surface area contributed by atoms with Gasteiger partial charge in [0.2, 0.25) is 0 Å². The number of hydrogen-bond acceptors (Lipinski definition) is 2. The van der Waals surface area contributed by atoms with E-state index in [2.05, 4.69) is 17.6 Å². The molecular weight excluding hydrogens is 150 g/mol. The SMILES string of the molecule is CCCC(N)NC1CCCC[N]1. The highest BCUT2D eigenvalue weighted by molar-refractivity contribution is 4.72. The molecule has 0 aromatic carbocycles. The average molecular weight is 170 g/mol. The van der Waals surface area contributed by atoms with Crippen LogP contribution in [0.2, 0.25) is 0 Å². The Hall–Kier alpha value is -0.120. The quantitative estimate of drug-likeness (QED) is 0.612. The van der Waals surface area contributed by atoms with Crippen LogP contribution in [0, 0.1) is 0 Å². The summed E-state index contributed by atoms with van der Waals surface area (Å²) in [6, 6.07) is 0. The van der Waals surface area contributed by atoms with E-state index in [1.54, 1.807) is 0 Å². The zero-order valence-electron chi connectivity index (χ0n) is 7.92. The fourth-order valence-corrected chi connectivity index (χ4v) is 1.57. The van der Waals surface area contributed by atoms with Gasteiger partial charge in [-0.25, -0.2) is 5.32 Å². The Morgan fingerprint density at radius 1 is 1.58 bits per heavy atom. The molecule has 2 unspecified atom stereocenters. The van der Waals surface area contributed by atoms with E-state index in [4.69, 9.17) is 5.73 Å². The third kappa shape index (κ3) is 3.52. The first kappa shape index (κ1) is 9.96. The summed E-state index contributed by atoms with van der Waals surface area (Å²) in [7, 11) is 0. The van der Waals surface area contributed by atoms with Gasteiger partial charge in [-0.3, -0.25) is 5.32 Å². The smallest absolute Gasteiger partial charge is 0.0747 e. The highest BCUT2D eigenvalue weighted by atomic mass is 15.2. The fourth-order valence-electron chi connectivity index (χ4n) is 1.57. The minimum atomic E-state index is 0.141. The van der Waals surface area contributed by atoms with Crippen LogP contribution >= 0.6 is 0 Å². The minimum Gasteiger partial charge on any atom is -0.316 e. The van der Waals surface area contributed by atoms with Crippen molar-refractivity contribution in [2.45, 2.75) is 51.4 Å². The molecular formula is C9H20N3. The van der Waals surface area contributed by atoms with Crippen LogP contribution in [0.1, 0.15) is 39.0 Å². The molecule has 3 N–H and O–H groups in total. The zero-order valence-corrected chi connectivity index (χ0v) is 7.92. The van der Waals surface area contributed by atoms with E-state index < -0.39 is 0 Å². The highest BCUT2D eigenvalue weighted by Crippen LogP contribution is 2.06. The van der Waals surface area contributed by atoms with Gasteiger partial charge in [0.05, 0.1) is 12.3 Å². The number of nitrogens with one attached hydrogen (secondary N) is 1. The molecule has 1 radical (unpaired) electrons. The molecule has 12 heavy (non-hydrogen) atoms. The van der Waals surface area contributed by atoms with Crippen molar-refractivity contribution in [1.82, 2.24) is 10.6 Å². The Kier molecular flexibility index (Phi) is 4.58. The molecule has 1 saturated heterocycles. The lowest BCUT2D eigenvalue weighted by molar-refractivity contribution is 0.299. The van der Waals surface area contributed by atoms with E-state index in [-0.39, 0.29) is 6.17 Å². The second-order valence-electron chi connectivity index (χ2n) is 3.48. The lowest BCUT2D eigenvalue weighted by Crippen LogP contribution is -2.49. The first-order valence-electron chi connectivity index (χ1n) is 5.01. The maximum absolute atomic E-state index is 5.84. The van der Waals surface area contributed by atoms with Crippen LogP contribution in [0.4, 0.5) is 0 Å². The summed E-state index contributed by atoms with van der Waals surface area (Å²) in [6.07, 6.45) is 6.37. The van der Waals surface area contributed by atoms with E-state index in [9.17, 15) is 0 Å². The normalized spacial score (nSPS) is 27.0. The van der Waals surface area contributed by atoms with Crippen molar-refractivity contribution in [3.63, 3.8) is 0 Å². The molecule has 3 nitrogen and oxygen atoms in total. The predicted molar refractivity (Wildman–Crippen MR) is 50.7 cm³/mol. The van der Waals surface area contributed by atoms with Crippen LogP contribution in [0.3, 0.4) is 0 Å². The summed E-state index contributed by atoms with van der Waals surface area (Å²) < 4.78 is 0. The first-order valence-corrected chi connectivity index (χ1v) is 5.01. The van der Waals surface area contributed by atoms with Gasteiger partial charge in [-0.15, -0.1) is 0 Å². The Labute approximate surface area is 75.1 Å². The highest BCUT2D eigenvalue weighted by Gasteiger charge is 2.14. The van der Waals surface area contributed by atoms with Crippen molar-refractivity contribution in [1.29, 1.82) is 0 Å². The standard InChI is InChI=1S/C9H20N3/c1-2-5-8(10)12-9-6-3-4-7-11-9/h8-9,12H,2-7,10H2,1H3. The molecule has 0 aromatic heterocycles. The van der Waals surface area contributed by atoms with Crippen LogP contribution in [0.25, 0.3) is 0 Å². The van der Waals surface area contributed by atoms with Crippen molar-refractivity contribution in [2.75, 3.05) is 6.54 Å². The van der Waals surface area contributed by atoms with Gasteiger partial charge in [0.1, 0.15) is 0 Å². The molecule has 0 saturated carbocycles. The van der Waals surface area contributed by atoms with Crippen LogP contribution < -0.4 is 16.4 Å². The first-order chi connectivity index (χ1) is 5.83. The third-order valence-corrected chi connectivity index (χ3v) is 2.24. The van der Waals surface area contributed by atoms with Crippen molar-refractivity contribution in [3.05, 3.63) is 0 Å². The second-order valence-corrected chi connectivity index (χ2v) is 3.48. The molecule has 1 aliphatic rings. The maximum Gasteiger partial charge on any atom is 0.0747 e. The van der Waals surface area contributed by atoms with Gasteiger partial charge >= 0.3 is 0 Å². The van der Waals surface area contributed by atoms with E-state index in [1.165, 1.54) is 12.8 Å². The summed E-state index contributed by atoms with van der Waals surface area (Å²) in [5.41, 5.74) is 5.84. The number of nitrogens with zero attached hydrogens (tertiary/aromatic N) is 1. The Bertz CT molecular complexity index is 110. The molecule has 0 aromatic rings. The molecule has 1 fully saturated rings. The van der Waals surface area contributed by atoms with E-state index >= 15 is 0 Å². The largest absolute Gasteiger partial charge is 0.316 e. The van der Waals surface area contributed by atoms with Gasteiger partial charge in [-0.2, -0.15) is 0 Å². The molecule has 0 spiro atoms. The van der Waals surface area contributed by atoms with E-state index in [1.807, 2.05) is 0 Å². The lowest BCUT2D eigenvalue weighted by atomic mass is 10.1. The maximum atomic E-state index is 5.84. The van der Waals surface area contributed by atoms with Crippen LogP contribution in [0.5, 0.6) is 0 Å². The molecule has 1 aliphatic heterocycles. The van der Waals surface area contributed by atoms with Crippen molar-refractivity contribution < 1.29 is 0 Å². The fraction of sp³-hybridized carbons (Fsp3) is 1.00. The Morgan fingerprint density at radius 2 is 2.42 bits per heavy atom. The second kappa shape index (κ2) is 5.51.